The molecule has 37 heavy (non-hydrogen) atoms. The van der Waals surface area contributed by atoms with Gasteiger partial charge in [-0.15, -0.1) is 0 Å². The Labute approximate surface area is 226 Å². The number of unbranched alkanes of at least 4 members (excludes halogenated alkanes) is 7. The zero-order chi connectivity index (χ0) is 26.4. The van der Waals surface area contributed by atoms with E-state index in [9.17, 15) is 9.59 Å². The number of carbonyl (C=O) groups excluding carboxylic acids is 2. The highest BCUT2D eigenvalue weighted by atomic mass is 16.7. The molecule has 0 aliphatic heterocycles. The molecule has 4 nitrogen and oxygen atoms in total. The van der Waals surface area contributed by atoms with Crippen LogP contribution in [-0.4, -0.2) is 24.6 Å². The summed E-state index contributed by atoms with van der Waals surface area (Å²) in [5.74, 6) is 4.20. The summed E-state index contributed by atoms with van der Waals surface area (Å²) in [6, 6.07) is 0. The van der Waals surface area contributed by atoms with Crippen LogP contribution in [0.15, 0.2) is 11.6 Å². The molecule has 0 radical (unpaired) electrons. The first-order valence-corrected chi connectivity index (χ1v) is 16.0. The summed E-state index contributed by atoms with van der Waals surface area (Å²) < 4.78 is 11.7. The molecule has 0 aromatic carbocycles. The summed E-state index contributed by atoms with van der Waals surface area (Å²) in [5, 5.41) is 0. The third-order valence-electron chi connectivity index (χ3n) is 11.0. The van der Waals surface area contributed by atoms with E-state index in [1.165, 1.54) is 56.9 Å². The largest absolute Gasteiger partial charge is 0.508 e. The lowest BCUT2D eigenvalue weighted by Crippen LogP contribution is -2.54. The van der Waals surface area contributed by atoms with Crippen LogP contribution in [0.4, 0.5) is 4.79 Å². The van der Waals surface area contributed by atoms with Gasteiger partial charge in [0.05, 0.1) is 6.61 Å². The van der Waals surface area contributed by atoms with Crippen molar-refractivity contribution in [1.82, 2.24) is 0 Å². The van der Waals surface area contributed by atoms with Crippen LogP contribution in [0.3, 0.4) is 0 Å². The monoisotopic (exact) mass is 514 g/mol. The van der Waals surface area contributed by atoms with Crippen LogP contribution in [0, 0.1) is 40.9 Å². The minimum atomic E-state index is -0.448. The molecule has 4 rings (SSSR count). The minimum absolute atomic E-state index is 0.0269. The number of carbonyl (C=O) groups is 2. The summed E-state index contributed by atoms with van der Waals surface area (Å²) in [5.41, 5.74) is 1.50. The van der Waals surface area contributed by atoms with E-state index in [4.69, 9.17) is 9.47 Å². The zero-order valence-corrected chi connectivity index (χ0v) is 24.3. The van der Waals surface area contributed by atoms with Gasteiger partial charge in [-0.1, -0.05) is 91.1 Å². The molecule has 3 fully saturated rings. The first kappa shape index (κ1) is 28.7. The fraction of sp³-hybridized carbons (Fsp3) is 0.879. The molecule has 0 amide bonds. The Balaban J connectivity index is 1.34. The van der Waals surface area contributed by atoms with Gasteiger partial charge in [-0.25, -0.2) is 4.79 Å². The topological polar surface area (TPSA) is 52.6 Å². The summed E-state index contributed by atoms with van der Waals surface area (Å²) in [6.07, 6.45) is 19.9. The van der Waals surface area contributed by atoms with Crippen LogP contribution >= 0.6 is 0 Å². The number of rotatable bonds is 12. The van der Waals surface area contributed by atoms with Gasteiger partial charge in [-0.05, 0) is 80.1 Å². The molecule has 3 saturated carbocycles. The van der Waals surface area contributed by atoms with Crippen molar-refractivity contribution in [2.45, 2.75) is 137 Å². The number of hydrogen-bond donors (Lipinski definition) is 0. The fourth-order valence-corrected chi connectivity index (χ4v) is 9.19. The van der Waals surface area contributed by atoms with Gasteiger partial charge in [-0.2, -0.15) is 0 Å². The van der Waals surface area contributed by atoms with E-state index in [2.05, 4.69) is 27.7 Å². The highest BCUT2D eigenvalue weighted by Crippen LogP contribution is 2.66. The predicted molar refractivity (Wildman–Crippen MR) is 149 cm³/mol. The van der Waals surface area contributed by atoms with Gasteiger partial charge in [0.2, 0.25) is 0 Å². The molecule has 0 spiro atoms. The molecule has 0 aromatic heterocycles. The van der Waals surface area contributed by atoms with Crippen molar-refractivity contribution in [3.05, 3.63) is 11.6 Å². The van der Waals surface area contributed by atoms with Crippen LogP contribution < -0.4 is 0 Å². The Hall–Kier alpha value is -1.32. The van der Waals surface area contributed by atoms with E-state index in [1.54, 1.807) is 0 Å². The van der Waals surface area contributed by atoms with Gasteiger partial charge in [0.15, 0.2) is 5.78 Å². The third-order valence-corrected chi connectivity index (χ3v) is 11.0. The summed E-state index contributed by atoms with van der Waals surface area (Å²) >= 11 is 0. The van der Waals surface area contributed by atoms with Crippen molar-refractivity contribution < 1.29 is 19.1 Å². The normalized spacial score (nSPS) is 36.8. The smallest absolute Gasteiger partial charge is 0.434 e. The Bertz CT molecular complexity index is 802. The third kappa shape index (κ3) is 6.30. The molecule has 0 heterocycles. The Kier molecular flexibility index (Phi) is 10.2. The van der Waals surface area contributed by atoms with Crippen LogP contribution in [0.2, 0.25) is 0 Å². The van der Waals surface area contributed by atoms with Crippen LogP contribution in [-0.2, 0) is 14.3 Å². The molecule has 8 atom stereocenters. The lowest BCUT2D eigenvalue weighted by molar-refractivity contribution is -0.122. The second-order valence-corrected chi connectivity index (χ2v) is 13.1. The quantitative estimate of drug-likeness (QED) is 0.192. The van der Waals surface area contributed by atoms with Gasteiger partial charge in [-0.3, -0.25) is 4.79 Å². The molecule has 0 saturated heterocycles. The van der Waals surface area contributed by atoms with Crippen molar-refractivity contribution in [2.75, 3.05) is 6.61 Å². The second kappa shape index (κ2) is 13.2. The molecule has 4 heteroatoms. The van der Waals surface area contributed by atoms with Gasteiger partial charge in [0, 0.05) is 11.8 Å². The zero-order valence-electron chi connectivity index (χ0n) is 24.3. The van der Waals surface area contributed by atoms with Crippen LogP contribution in [0.25, 0.3) is 0 Å². The molecule has 210 valence electrons. The molecule has 4 aliphatic carbocycles. The summed E-state index contributed by atoms with van der Waals surface area (Å²) in [7, 11) is 0. The average Bonchev–Trinajstić information content (AvgIpc) is 3.21. The lowest BCUT2D eigenvalue weighted by atomic mass is 9.46. The molecule has 0 aromatic rings. The van der Waals surface area contributed by atoms with Crippen molar-refractivity contribution >= 4 is 11.9 Å². The predicted octanol–water partition coefficient (Wildman–Crippen LogP) is 9.06. The Morgan fingerprint density at radius 1 is 0.919 bits per heavy atom. The van der Waals surface area contributed by atoms with Crippen LogP contribution in [0.1, 0.15) is 130 Å². The molecule has 0 unspecified atom stereocenters. The number of ether oxygens (including phenoxy) is 2. The van der Waals surface area contributed by atoms with Gasteiger partial charge in [0.1, 0.15) is 6.10 Å². The molecule has 0 N–H and O–H groups in total. The summed E-state index contributed by atoms with van der Waals surface area (Å²) in [4.78, 5) is 25.0. The molecule has 4 aliphatic rings. The van der Waals surface area contributed by atoms with Crippen molar-refractivity contribution in [3.8, 4) is 0 Å². The SMILES string of the molecule is CCCCCCCCCCOC(=O)O[C@H]1CC[C@H]2[C@@H]3[C@H](CC)CC4=CC(=O)CC[C@@H]4[C@H]3[C@@H](CC)C[C@]12C. The highest BCUT2D eigenvalue weighted by molar-refractivity contribution is 5.91. The molecular weight excluding hydrogens is 460 g/mol. The van der Waals surface area contributed by atoms with E-state index in [-0.39, 0.29) is 11.5 Å². The number of fused-ring (bicyclic) bond motifs is 5. The molecule has 0 bridgehead atoms. The van der Waals surface area contributed by atoms with E-state index in [0.29, 0.717) is 47.9 Å². The van der Waals surface area contributed by atoms with E-state index in [1.807, 2.05) is 6.08 Å². The number of hydrogen-bond acceptors (Lipinski definition) is 4. The minimum Gasteiger partial charge on any atom is -0.434 e. The maximum atomic E-state index is 12.7. The van der Waals surface area contributed by atoms with Gasteiger partial charge >= 0.3 is 6.16 Å². The maximum absolute atomic E-state index is 12.7. The van der Waals surface area contributed by atoms with Crippen molar-refractivity contribution in [2.24, 2.45) is 40.9 Å². The number of ketones is 1. The maximum Gasteiger partial charge on any atom is 0.508 e. The van der Waals surface area contributed by atoms with Gasteiger partial charge < -0.3 is 9.47 Å². The van der Waals surface area contributed by atoms with Crippen molar-refractivity contribution in [3.63, 3.8) is 0 Å². The first-order chi connectivity index (χ1) is 17.9. The highest BCUT2D eigenvalue weighted by Gasteiger charge is 2.61. The van der Waals surface area contributed by atoms with E-state index >= 15 is 0 Å². The van der Waals surface area contributed by atoms with Gasteiger partial charge in [0.25, 0.3) is 0 Å². The Morgan fingerprint density at radius 2 is 1.62 bits per heavy atom. The van der Waals surface area contributed by atoms with Crippen molar-refractivity contribution in [1.29, 1.82) is 0 Å². The standard InChI is InChI=1S/C33H54O4/c1-5-8-9-10-11-12-13-14-19-36-32(35)37-29-18-17-28-31-23(6-2)20-25-21-26(34)15-16-27(25)30(31)24(7-3)22-33(28,29)4/h21,23-24,27-31H,5-20,22H2,1-4H3/t23-,24+,27+,28+,29+,30-,31+,33+/m1/s1. The average molecular weight is 515 g/mol. The molecular formula is C33H54O4. The second-order valence-electron chi connectivity index (χ2n) is 13.1. The Morgan fingerprint density at radius 3 is 2.32 bits per heavy atom. The summed E-state index contributed by atoms with van der Waals surface area (Å²) in [6.45, 7) is 9.84. The first-order valence-electron chi connectivity index (χ1n) is 16.0. The lowest BCUT2D eigenvalue weighted by Gasteiger charge is -2.59. The van der Waals surface area contributed by atoms with Crippen LogP contribution in [0.5, 0.6) is 0 Å². The van der Waals surface area contributed by atoms with E-state index in [0.717, 1.165) is 51.4 Å². The fourth-order valence-electron chi connectivity index (χ4n) is 9.19. The number of allylic oxidation sites excluding steroid dienone is 1. The van der Waals surface area contributed by atoms with E-state index < -0.39 is 6.16 Å².